The van der Waals surface area contributed by atoms with Crippen LogP contribution in [0.15, 0.2) is 18.2 Å². The van der Waals surface area contributed by atoms with Gasteiger partial charge in [-0.15, -0.1) is 0 Å². The number of nitrogens with one attached hydrogen (secondary N) is 4. The first-order valence-corrected chi connectivity index (χ1v) is 9.39. The Morgan fingerprint density at radius 1 is 1.29 bits per heavy atom. The topological polar surface area (TPSA) is 116 Å². The highest BCUT2D eigenvalue weighted by Gasteiger charge is 2.22. The quantitative estimate of drug-likeness (QED) is 0.657. The molecule has 0 aliphatic carbocycles. The first-order chi connectivity index (χ1) is 11.3. The Labute approximate surface area is 140 Å². The van der Waals surface area contributed by atoms with Crippen LogP contribution in [0.3, 0.4) is 0 Å². The number of benzene rings is 1. The van der Waals surface area contributed by atoms with Crippen molar-refractivity contribution >= 4 is 27.3 Å². The SMILES string of the molecule is Cc1ccc(NS(C)(=O)=O)c(NC(=O)c2n[nH]c3c2CNCC3)c1. The van der Waals surface area contributed by atoms with Gasteiger partial charge < -0.3 is 10.6 Å². The summed E-state index contributed by atoms with van der Waals surface area (Å²) in [6.07, 6.45) is 1.86. The first kappa shape index (κ1) is 16.5. The molecule has 0 saturated heterocycles. The van der Waals surface area contributed by atoms with Gasteiger partial charge in [-0.1, -0.05) is 6.07 Å². The van der Waals surface area contributed by atoms with E-state index in [-0.39, 0.29) is 5.91 Å². The second kappa shape index (κ2) is 6.25. The molecule has 4 N–H and O–H groups in total. The van der Waals surface area contributed by atoms with Crippen molar-refractivity contribution < 1.29 is 13.2 Å². The van der Waals surface area contributed by atoms with Crippen LogP contribution < -0.4 is 15.4 Å². The van der Waals surface area contributed by atoms with Crippen LogP contribution in [0.25, 0.3) is 0 Å². The van der Waals surface area contributed by atoms with Crippen molar-refractivity contribution in [2.45, 2.75) is 19.9 Å². The van der Waals surface area contributed by atoms with E-state index in [2.05, 4.69) is 25.6 Å². The lowest BCUT2D eigenvalue weighted by Crippen LogP contribution is -2.25. The number of H-pyrrole nitrogens is 1. The molecule has 1 aromatic carbocycles. The average Bonchev–Trinajstić information content (AvgIpc) is 2.93. The number of sulfonamides is 1. The number of amides is 1. The minimum absolute atomic E-state index is 0.318. The van der Waals surface area contributed by atoms with Crippen molar-refractivity contribution in [1.82, 2.24) is 15.5 Å². The summed E-state index contributed by atoms with van der Waals surface area (Å²) in [5.41, 5.74) is 3.74. The van der Waals surface area contributed by atoms with Gasteiger partial charge in [-0.25, -0.2) is 8.42 Å². The summed E-state index contributed by atoms with van der Waals surface area (Å²) in [6, 6.07) is 5.10. The zero-order chi connectivity index (χ0) is 17.3. The van der Waals surface area contributed by atoms with Crippen LogP contribution in [0.5, 0.6) is 0 Å². The van der Waals surface area contributed by atoms with Gasteiger partial charge in [0.15, 0.2) is 5.69 Å². The molecule has 2 heterocycles. The van der Waals surface area contributed by atoms with Crippen LogP contribution >= 0.6 is 0 Å². The number of aromatic amines is 1. The lowest BCUT2D eigenvalue weighted by atomic mass is 10.1. The monoisotopic (exact) mass is 349 g/mol. The number of fused-ring (bicyclic) bond motifs is 1. The summed E-state index contributed by atoms with van der Waals surface area (Å²) >= 11 is 0. The van der Waals surface area contributed by atoms with E-state index in [9.17, 15) is 13.2 Å². The number of aromatic nitrogens is 2. The lowest BCUT2D eigenvalue weighted by Gasteiger charge is -2.14. The zero-order valence-electron chi connectivity index (χ0n) is 13.4. The van der Waals surface area contributed by atoms with Crippen molar-refractivity contribution in [3.05, 3.63) is 40.7 Å². The van der Waals surface area contributed by atoms with E-state index in [1.54, 1.807) is 18.2 Å². The van der Waals surface area contributed by atoms with Crippen LogP contribution in [-0.2, 0) is 23.0 Å². The van der Waals surface area contributed by atoms with E-state index in [0.717, 1.165) is 36.0 Å². The maximum atomic E-state index is 12.6. The second-order valence-electron chi connectivity index (χ2n) is 5.83. The van der Waals surface area contributed by atoms with Crippen LogP contribution in [0, 0.1) is 6.92 Å². The van der Waals surface area contributed by atoms with Crippen LogP contribution in [-0.4, -0.2) is 37.3 Å². The fourth-order valence-corrected chi connectivity index (χ4v) is 3.22. The summed E-state index contributed by atoms with van der Waals surface area (Å²) in [5, 5.41) is 13.0. The van der Waals surface area contributed by atoms with Crippen molar-refractivity contribution in [3.63, 3.8) is 0 Å². The molecule has 0 saturated carbocycles. The number of hydrogen-bond acceptors (Lipinski definition) is 5. The Hall–Kier alpha value is -2.39. The smallest absolute Gasteiger partial charge is 0.276 e. The molecule has 1 aromatic heterocycles. The van der Waals surface area contributed by atoms with Gasteiger partial charge in [0.2, 0.25) is 10.0 Å². The molecule has 1 amide bonds. The van der Waals surface area contributed by atoms with Gasteiger partial charge in [0, 0.05) is 30.8 Å². The van der Waals surface area contributed by atoms with Crippen molar-refractivity contribution in [2.24, 2.45) is 0 Å². The van der Waals surface area contributed by atoms with E-state index in [0.29, 0.717) is 23.6 Å². The Kier molecular flexibility index (Phi) is 4.29. The van der Waals surface area contributed by atoms with Crippen molar-refractivity contribution in [2.75, 3.05) is 22.8 Å². The standard InChI is InChI=1S/C15H19N5O3S/c1-9-3-4-12(20-24(2,22)23)13(7-9)17-15(21)14-10-8-16-6-5-11(10)18-19-14/h3-4,7,16,20H,5-6,8H2,1-2H3,(H,17,21)(H,18,19). The molecule has 0 atom stereocenters. The molecule has 1 aliphatic rings. The van der Waals surface area contributed by atoms with E-state index < -0.39 is 10.0 Å². The summed E-state index contributed by atoms with van der Waals surface area (Å²) in [5.74, 6) is -0.377. The molecular weight excluding hydrogens is 330 g/mol. The Morgan fingerprint density at radius 3 is 2.83 bits per heavy atom. The number of rotatable bonds is 4. The number of aryl methyl sites for hydroxylation is 1. The van der Waals surface area contributed by atoms with Crippen LogP contribution in [0.2, 0.25) is 0 Å². The van der Waals surface area contributed by atoms with Gasteiger partial charge in [0.25, 0.3) is 5.91 Å². The molecule has 2 aromatic rings. The van der Waals surface area contributed by atoms with Gasteiger partial charge >= 0.3 is 0 Å². The number of hydrogen-bond donors (Lipinski definition) is 4. The molecular formula is C15H19N5O3S. The molecule has 0 fully saturated rings. The minimum atomic E-state index is -3.45. The molecule has 0 unspecified atom stereocenters. The molecule has 0 spiro atoms. The molecule has 0 radical (unpaired) electrons. The highest BCUT2D eigenvalue weighted by Crippen LogP contribution is 2.25. The predicted molar refractivity (Wildman–Crippen MR) is 91.6 cm³/mol. The third kappa shape index (κ3) is 3.57. The maximum absolute atomic E-state index is 12.6. The maximum Gasteiger partial charge on any atom is 0.276 e. The van der Waals surface area contributed by atoms with Crippen LogP contribution in [0.4, 0.5) is 11.4 Å². The summed E-state index contributed by atoms with van der Waals surface area (Å²) in [6.45, 7) is 3.29. The molecule has 1 aliphatic heterocycles. The first-order valence-electron chi connectivity index (χ1n) is 7.50. The number of anilines is 2. The normalized spacial score (nSPS) is 14.1. The fourth-order valence-electron chi connectivity index (χ4n) is 2.64. The van der Waals surface area contributed by atoms with E-state index >= 15 is 0 Å². The highest BCUT2D eigenvalue weighted by atomic mass is 32.2. The summed E-state index contributed by atoms with van der Waals surface area (Å²) < 4.78 is 25.4. The average molecular weight is 349 g/mol. The molecule has 24 heavy (non-hydrogen) atoms. The zero-order valence-corrected chi connectivity index (χ0v) is 14.3. The Morgan fingerprint density at radius 2 is 2.08 bits per heavy atom. The number of nitrogens with zero attached hydrogens (tertiary/aromatic N) is 1. The summed E-state index contributed by atoms with van der Waals surface area (Å²) in [4.78, 5) is 12.6. The number of carbonyl (C=O) groups excluding carboxylic acids is 1. The highest BCUT2D eigenvalue weighted by molar-refractivity contribution is 7.92. The largest absolute Gasteiger partial charge is 0.319 e. The van der Waals surface area contributed by atoms with E-state index in [4.69, 9.17) is 0 Å². The summed E-state index contributed by atoms with van der Waals surface area (Å²) in [7, 11) is -3.45. The lowest BCUT2D eigenvalue weighted by molar-refractivity contribution is 0.102. The predicted octanol–water partition coefficient (Wildman–Crippen LogP) is 0.988. The van der Waals surface area contributed by atoms with Gasteiger partial charge in [-0.2, -0.15) is 5.10 Å². The third-order valence-corrected chi connectivity index (χ3v) is 4.33. The van der Waals surface area contributed by atoms with Crippen molar-refractivity contribution in [1.29, 1.82) is 0 Å². The molecule has 128 valence electrons. The molecule has 0 bridgehead atoms. The van der Waals surface area contributed by atoms with Gasteiger partial charge in [0.1, 0.15) is 0 Å². The van der Waals surface area contributed by atoms with Crippen molar-refractivity contribution in [3.8, 4) is 0 Å². The van der Waals surface area contributed by atoms with E-state index in [1.165, 1.54) is 0 Å². The number of carbonyl (C=O) groups is 1. The Bertz CT molecular complexity index is 889. The van der Waals surface area contributed by atoms with Gasteiger partial charge in [-0.3, -0.25) is 14.6 Å². The minimum Gasteiger partial charge on any atom is -0.319 e. The second-order valence-corrected chi connectivity index (χ2v) is 7.58. The van der Waals surface area contributed by atoms with Gasteiger partial charge in [0.05, 0.1) is 17.6 Å². The third-order valence-electron chi connectivity index (χ3n) is 3.74. The molecule has 8 nitrogen and oxygen atoms in total. The fraction of sp³-hybridized carbons (Fsp3) is 0.333. The Balaban J connectivity index is 1.89. The van der Waals surface area contributed by atoms with E-state index in [1.807, 2.05) is 6.92 Å². The van der Waals surface area contributed by atoms with Gasteiger partial charge in [-0.05, 0) is 24.6 Å². The van der Waals surface area contributed by atoms with Crippen LogP contribution in [0.1, 0.15) is 27.3 Å². The molecule has 3 rings (SSSR count). The molecule has 9 heteroatoms.